The van der Waals surface area contributed by atoms with E-state index < -0.39 is 0 Å². The van der Waals surface area contributed by atoms with Crippen molar-refractivity contribution in [3.63, 3.8) is 0 Å². The van der Waals surface area contributed by atoms with Crippen molar-refractivity contribution in [1.29, 1.82) is 0 Å². The molecule has 3 rings (SSSR count). The topological polar surface area (TPSA) is 58.4 Å². The molecular formula is C22H29N3O. The van der Waals surface area contributed by atoms with E-state index in [9.17, 15) is 4.79 Å². The van der Waals surface area contributed by atoms with E-state index in [1.165, 1.54) is 31.5 Å². The molecule has 1 aliphatic heterocycles. The lowest BCUT2D eigenvalue weighted by Gasteiger charge is -2.30. The Bertz CT molecular complexity index is 718. The lowest BCUT2D eigenvalue weighted by Crippen LogP contribution is -2.32. The number of carbonyl (C=O) groups excluding carboxylic acids is 1. The average Bonchev–Trinajstić information content (AvgIpc) is 2.68. The smallest absolute Gasteiger partial charge is 0.251 e. The van der Waals surface area contributed by atoms with Crippen LogP contribution in [0.15, 0.2) is 48.5 Å². The standard InChI is InChI=1S/C22H29N3O/c1-17-9-11-25(12-10-17)16-20-4-2-3-19(13-20)15-24-22(26)21-7-5-18(14-23)6-8-21/h2-8,13,17H,9-12,14-16,23H2,1H3,(H,24,26). The van der Waals surface area contributed by atoms with Gasteiger partial charge >= 0.3 is 0 Å². The minimum absolute atomic E-state index is 0.0519. The van der Waals surface area contributed by atoms with Gasteiger partial charge in [-0.15, -0.1) is 0 Å². The van der Waals surface area contributed by atoms with E-state index in [1.54, 1.807) is 0 Å². The van der Waals surface area contributed by atoms with Crippen LogP contribution in [0, 0.1) is 5.92 Å². The van der Waals surface area contributed by atoms with E-state index in [0.29, 0.717) is 18.7 Å². The molecule has 0 aliphatic carbocycles. The number of rotatable bonds is 6. The molecule has 0 spiro atoms. The molecule has 4 heteroatoms. The quantitative estimate of drug-likeness (QED) is 0.839. The number of benzene rings is 2. The molecule has 3 N–H and O–H groups in total. The summed E-state index contributed by atoms with van der Waals surface area (Å²) in [6.07, 6.45) is 2.58. The molecule has 0 saturated carbocycles. The first-order valence-corrected chi connectivity index (χ1v) is 9.51. The lowest BCUT2D eigenvalue weighted by atomic mass is 9.98. The van der Waals surface area contributed by atoms with Crippen molar-refractivity contribution >= 4 is 5.91 Å². The summed E-state index contributed by atoms with van der Waals surface area (Å²) < 4.78 is 0. The maximum absolute atomic E-state index is 12.3. The van der Waals surface area contributed by atoms with E-state index in [-0.39, 0.29) is 5.91 Å². The lowest BCUT2D eigenvalue weighted by molar-refractivity contribution is 0.0951. The number of amides is 1. The molecule has 26 heavy (non-hydrogen) atoms. The van der Waals surface area contributed by atoms with Gasteiger partial charge in [0.05, 0.1) is 0 Å². The Morgan fingerprint density at radius 2 is 1.77 bits per heavy atom. The maximum Gasteiger partial charge on any atom is 0.251 e. The molecule has 1 amide bonds. The number of nitrogens with two attached hydrogens (primary N) is 1. The fourth-order valence-corrected chi connectivity index (χ4v) is 3.39. The molecule has 2 aromatic carbocycles. The second-order valence-electron chi connectivity index (χ2n) is 7.36. The minimum Gasteiger partial charge on any atom is -0.348 e. The van der Waals surface area contributed by atoms with Crippen LogP contribution in [0.3, 0.4) is 0 Å². The second-order valence-corrected chi connectivity index (χ2v) is 7.36. The zero-order valence-electron chi connectivity index (χ0n) is 15.6. The van der Waals surface area contributed by atoms with Crippen LogP contribution in [0.4, 0.5) is 0 Å². The number of piperidine rings is 1. The van der Waals surface area contributed by atoms with E-state index >= 15 is 0 Å². The second kappa shape index (κ2) is 8.97. The summed E-state index contributed by atoms with van der Waals surface area (Å²) in [5.41, 5.74) is 9.75. The van der Waals surface area contributed by atoms with Crippen molar-refractivity contribution < 1.29 is 4.79 Å². The molecule has 1 heterocycles. The largest absolute Gasteiger partial charge is 0.348 e. The normalized spacial score (nSPS) is 15.8. The first-order valence-electron chi connectivity index (χ1n) is 9.51. The predicted molar refractivity (Wildman–Crippen MR) is 106 cm³/mol. The molecule has 138 valence electrons. The fraction of sp³-hybridized carbons (Fsp3) is 0.409. The third-order valence-corrected chi connectivity index (χ3v) is 5.18. The fourth-order valence-electron chi connectivity index (χ4n) is 3.39. The average molecular weight is 351 g/mol. The molecule has 0 atom stereocenters. The van der Waals surface area contributed by atoms with Gasteiger partial charge in [-0.3, -0.25) is 9.69 Å². The Balaban J connectivity index is 1.53. The Labute approximate surface area is 156 Å². The van der Waals surface area contributed by atoms with E-state index in [0.717, 1.165) is 23.6 Å². The first-order chi connectivity index (χ1) is 12.6. The molecule has 0 unspecified atom stereocenters. The summed E-state index contributed by atoms with van der Waals surface area (Å²) in [4.78, 5) is 14.8. The van der Waals surface area contributed by atoms with Gasteiger partial charge in [-0.2, -0.15) is 0 Å². The number of hydrogen-bond acceptors (Lipinski definition) is 3. The molecular weight excluding hydrogens is 322 g/mol. The van der Waals surface area contributed by atoms with Gasteiger partial charge in [-0.05, 0) is 60.7 Å². The van der Waals surface area contributed by atoms with Crippen LogP contribution in [0.2, 0.25) is 0 Å². The highest BCUT2D eigenvalue weighted by Crippen LogP contribution is 2.18. The molecule has 4 nitrogen and oxygen atoms in total. The van der Waals surface area contributed by atoms with Gasteiger partial charge in [0.25, 0.3) is 5.91 Å². The highest BCUT2D eigenvalue weighted by Gasteiger charge is 2.15. The van der Waals surface area contributed by atoms with E-state index in [1.807, 2.05) is 24.3 Å². The van der Waals surface area contributed by atoms with Crippen LogP contribution >= 0.6 is 0 Å². The maximum atomic E-state index is 12.3. The van der Waals surface area contributed by atoms with Gasteiger partial charge in [-0.1, -0.05) is 43.3 Å². The zero-order valence-corrected chi connectivity index (χ0v) is 15.6. The van der Waals surface area contributed by atoms with E-state index in [2.05, 4.69) is 41.4 Å². The predicted octanol–water partition coefficient (Wildman–Crippen LogP) is 3.31. The number of carbonyl (C=O) groups is 1. The van der Waals surface area contributed by atoms with Gasteiger partial charge in [0, 0.05) is 25.2 Å². The molecule has 0 radical (unpaired) electrons. The number of nitrogens with zero attached hydrogens (tertiary/aromatic N) is 1. The Kier molecular flexibility index (Phi) is 6.42. The van der Waals surface area contributed by atoms with Crippen LogP contribution in [0.25, 0.3) is 0 Å². The molecule has 1 fully saturated rings. The van der Waals surface area contributed by atoms with E-state index in [4.69, 9.17) is 5.73 Å². The summed E-state index contributed by atoms with van der Waals surface area (Å²) in [5.74, 6) is 0.802. The minimum atomic E-state index is -0.0519. The monoisotopic (exact) mass is 351 g/mol. The van der Waals surface area contributed by atoms with Crippen molar-refractivity contribution in [3.05, 3.63) is 70.8 Å². The van der Waals surface area contributed by atoms with Crippen molar-refractivity contribution in [3.8, 4) is 0 Å². The summed E-state index contributed by atoms with van der Waals surface area (Å²) in [7, 11) is 0. The molecule has 2 aromatic rings. The third kappa shape index (κ3) is 5.16. The van der Waals surface area contributed by atoms with Gasteiger partial charge in [0.15, 0.2) is 0 Å². The number of likely N-dealkylation sites (tertiary alicyclic amines) is 1. The summed E-state index contributed by atoms with van der Waals surface area (Å²) in [6, 6.07) is 16.0. The van der Waals surface area contributed by atoms with Crippen molar-refractivity contribution in [2.45, 2.75) is 39.4 Å². The van der Waals surface area contributed by atoms with Crippen molar-refractivity contribution in [2.24, 2.45) is 11.7 Å². The molecule has 0 bridgehead atoms. The highest BCUT2D eigenvalue weighted by atomic mass is 16.1. The summed E-state index contributed by atoms with van der Waals surface area (Å²) in [6.45, 7) is 6.73. The van der Waals surface area contributed by atoms with Gasteiger partial charge in [0.1, 0.15) is 0 Å². The van der Waals surface area contributed by atoms with Crippen LogP contribution in [-0.4, -0.2) is 23.9 Å². The Morgan fingerprint density at radius 1 is 1.08 bits per heavy atom. The zero-order chi connectivity index (χ0) is 18.4. The van der Waals surface area contributed by atoms with Gasteiger partial charge < -0.3 is 11.1 Å². The Hall–Kier alpha value is -2.17. The van der Waals surface area contributed by atoms with Gasteiger partial charge in [-0.25, -0.2) is 0 Å². The van der Waals surface area contributed by atoms with Crippen molar-refractivity contribution in [1.82, 2.24) is 10.2 Å². The van der Waals surface area contributed by atoms with Crippen LogP contribution in [-0.2, 0) is 19.6 Å². The molecule has 1 saturated heterocycles. The Morgan fingerprint density at radius 3 is 2.46 bits per heavy atom. The van der Waals surface area contributed by atoms with Crippen molar-refractivity contribution in [2.75, 3.05) is 13.1 Å². The highest BCUT2D eigenvalue weighted by molar-refractivity contribution is 5.94. The third-order valence-electron chi connectivity index (χ3n) is 5.18. The number of nitrogens with one attached hydrogen (secondary N) is 1. The first kappa shape index (κ1) is 18.6. The number of hydrogen-bond donors (Lipinski definition) is 2. The summed E-state index contributed by atoms with van der Waals surface area (Å²) in [5, 5.41) is 3.01. The van der Waals surface area contributed by atoms with Crippen LogP contribution in [0.1, 0.15) is 46.8 Å². The van der Waals surface area contributed by atoms with Crippen LogP contribution in [0.5, 0.6) is 0 Å². The molecule has 0 aromatic heterocycles. The summed E-state index contributed by atoms with van der Waals surface area (Å²) >= 11 is 0. The SMILES string of the molecule is CC1CCN(Cc2cccc(CNC(=O)c3ccc(CN)cc3)c2)CC1. The van der Waals surface area contributed by atoms with Crippen LogP contribution < -0.4 is 11.1 Å². The molecule has 1 aliphatic rings. The van der Waals surface area contributed by atoms with Gasteiger partial charge in [0.2, 0.25) is 0 Å².